The Morgan fingerprint density at radius 1 is 1.38 bits per heavy atom. The van der Waals surface area contributed by atoms with Crippen LogP contribution in [0.3, 0.4) is 0 Å². The minimum Gasteiger partial charge on any atom is -0.299 e. The molecule has 0 aliphatic heterocycles. The Balaban J connectivity index is 2.38. The SMILES string of the molecule is CC(C)(C)CSC1CC(=O)CC1=O. The second-order valence-electron chi connectivity index (χ2n) is 4.75. The summed E-state index contributed by atoms with van der Waals surface area (Å²) in [6, 6.07) is 0. The van der Waals surface area contributed by atoms with Gasteiger partial charge in [0.15, 0.2) is 5.78 Å². The molecule has 0 aromatic carbocycles. The van der Waals surface area contributed by atoms with Crippen molar-refractivity contribution in [1.29, 1.82) is 0 Å². The molecule has 0 saturated heterocycles. The van der Waals surface area contributed by atoms with Gasteiger partial charge in [-0.3, -0.25) is 9.59 Å². The highest BCUT2D eigenvalue weighted by Crippen LogP contribution is 2.29. The third-order valence-electron chi connectivity index (χ3n) is 1.86. The van der Waals surface area contributed by atoms with Crippen LogP contribution in [0.5, 0.6) is 0 Å². The van der Waals surface area contributed by atoms with Gasteiger partial charge in [0.25, 0.3) is 0 Å². The van der Waals surface area contributed by atoms with Gasteiger partial charge in [0.05, 0.1) is 11.7 Å². The predicted molar refractivity (Wildman–Crippen MR) is 54.9 cm³/mol. The van der Waals surface area contributed by atoms with Crippen molar-refractivity contribution in [2.75, 3.05) is 5.75 Å². The number of hydrogen-bond donors (Lipinski definition) is 0. The molecule has 1 rings (SSSR count). The number of carbonyl (C=O) groups is 2. The van der Waals surface area contributed by atoms with Gasteiger partial charge >= 0.3 is 0 Å². The van der Waals surface area contributed by atoms with E-state index >= 15 is 0 Å². The van der Waals surface area contributed by atoms with Crippen molar-refractivity contribution in [3.8, 4) is 0 Å². The maximum atomic E-state index is 11.3. The fourth-order valence-electron chi connectivity index (χ4n) is 1.20. The van der Waals surface area contributed by atoms with Gasteiger partial charge < -0.3 is 0 Å². The van der Waals surface area contributed by atoms with Gasteiger partial charge in [0.1, 0.15) is 5.78 Å². The summed E-state index contributed by atoms with van der Waals surface area (Å²) >= 11 is 1.63. The molecular weight excluding hydrogens is 184 g/mol. The van der Waals surface area contributed by atoms with Crippen molar-refractivity contribution < 1.29 is 9.59 Å². The molecule has 0 bridgehead atoms. The first-order valence-corrected chi connectivity index (χ1v) is 5.59. The largest absolute Gasteiger partial charge is 0.299 e. The first kappa shape index (κ1) is 10.8. The van der Waals surface area contributed by atoms with E-state index in [2.05, 4.69) is 20.8 Å². The average molecular weight is 200 g/mol. The molecule has 1 fully saturated rings. The summed E-state index contributed by atoms with van der Waals surface area (Å²) in [6.07, 6.45) is 0.626. The smallest absolute Gasteiger partial charge is 0.153 e. The molecule has 1 saturated carbocycles. The molecular formula is C10H16O2S. The Morgan fingerprint density at radius 2 is 2.00 bits per heavy atom. The Kier molecular flexibility index (Phi) is 3.17. The van der Waals surface area contributed by atoms with E-state index < -0.39 is 0 Å². The molecule has 1 unspecified atom stereocenters. The van der Waals surface area contributed by atoms with Crippen LogP contribution >= 0.6 is 11.8 Å². The second-order valence-corrected chi connectivity index (χ2v) is 5.94. The van der Waals surface area contributed by atoms with Crippen LogP contribution in [0.1, 0.15) is 33.6 Å². The van der Waals surface area contributed by atoms with E-state index in [1.54, 1.807) is 11.8 Å². The van der Waals surface area contributed by atoms with E-state index in [1.807, 2.05) is 0 Å². The third-order valence-corrected chi connectivity index (χ3v) is 3.73. The van der Waals surface area contributed by atoms with Gasteiger partial charge in [-0.05, 0) is 11.2 Å². The first-order valence-electron chi connectivity index (χ1n) is 4.54. The van der Waals surface area contributed by atoms with Crippen LogP contribution in [-0.2, 0) is 9.59 Å². The summed E-state index contributed by atoms with van der Waals surface area (Å²) in [5.41, 5.74) is 0.233. The number of hydrogen-bond acceptors (Lipinski definition) is 3. The van der Waals surface area contributed by atoms with Gasteiger partial charge in [0, 0.05) is 6.42 Å². The summed E-state index contributed by atoms with van der Waals surface area (Å²) in [4.78, 5) is 22.2. The minimum absolute atomic E-state index is 0.0493. The fourth-order valence-corrected chi connectivity index (χ4v) is 2.48. The highest BCUT2D eigenvalue weighted by Gasteiger charge is 2.31. The summed E-state index contributed by atoms with van der Waals surface area (Å²) < 4.78 is 0. The fraction of sp³-hybridized carbons (Fsp3) is 0.800. The zero-order chi connectivity index (χ0) is 10.1. The number of carbonyl (C=O) groups excluding carboxylic acids is 2. The predicted octanol–water partition coefficient (Wildman–Crippen LogP) is 2.07. The van der Waals surface area contributed by atoms with Gasteiger partial charge in [0.2, 0.25) is 0 Å². The van der Waals surface area contributed by atoms with Crippen molar-refractivity contribution >= 4 is 23.3 Å². The van der Waals surface area contributed by atoms with E-state index in [4.69, 9.17) is 0 Å². The maximum Gasteiger partial charge on any atom is 0.153 e. The summed E-state index contributed by atoms with van der Waals surface area (Å²) in [5.74, 6) is 1.17. The standard InChI is InChI=1S/C10H16O2S/c1-10(2,3)6-13-9-5-7(11)4-8(9)12/h9H,4-6H2,1-3H3. The lowest BCUT2D eigenvalue weighted by atomic mass is 10.0. The molecule has 1 atom stereocenters. The molecule has 0 aromatic heterocycles. The molecule has 3 heteroatoms. The monoisotopic (exact) mass is 200 g/mol. The number of rotatable bonds is 2. The quantitative estimate of drug-likeness (QED) is 0.640. The second kappa shape index (κ2) is 3.82. The van der Waals surface area contributed by atoms with E-state index in [9.17, 15) is 9.59 Å². The van der Waals surface area contributed by atoms with Crippen molar-refractivity contribution in [2.45, 2.75) is 38.9 Å². The van der Waals surface area contributed by atoms with Crippen LogP contribution in [0, 0.1) is 5.41 Å². The average Bonchev–Trinajstić information content (AvgIpc) is 2.24. The van der Waals surface area contributed by atoms with E-state index in [-0.39, 0.29) is 28.7 Å². The van der Waals surface area contributed by atoms with Crippen LogP contribution < -0.4 is 0 Å². The van der Waals surface area contributed by atoms with Crippen LogP contribution in [0.2, 0.25) is 0 Å². The van der Waals surface area contributed by atoms with Crippen LogP contribution in [-0.4, -0.2) is 22.6 Å². The Hall–Kier alpha value is -0.310. The minimum atomic E-state index is -0.0493. The van der Waals surface area contributed by atoms with Crippen LogP contribution in [0.4, 0.5) is 0 Å². The zero-order valence-corrected chi connectivity index (χ0v) is 9.24. The van der Waals surface area contributed by atoms with E-state index in [0.29, 0.717) is 6.42 Å². The lowest BCUT2D eigenvalue weighted by Crippen LogP contribution is -2.15. The molecule has 1 aliphatic rings. The highest BCUT2D eigenvalue weighted by molar-refractivity contribution is 8.00. The summed E-state index contributed by atoms with van der Waals surface area (Å²) in [6.45, 7) is 6.42. The lowest BCUT2D eigenvalue weighted by Gasteiger charge is -2.19. The Bertz CT molecular complexity index is 228. The van der Waals surface area contributed by atoms with Gasteiger partial charge in [-0.1, -0.05) is 20.8 Å². The van der Waals surface area contributed by atoms with Crippen molar-refractivity contribution in [1.82, 2.24) is 0 Å². The summed E-state index contributed by atoms with van der Waals surface area (Å²) in [5, 5.41) is -0.0493. The maximum absolute atomic E-state index is 11.3. The molecule has 0 amide bonds. The lowest BCUT2D eigenvalue weighted by molar-refractivity contribution is -0.121. The van der Waals surface area contributed by atoms with Gasteiger partial charge in [-0.25, -0.2) is 0 Å². The van der Waals surface area contributed by atoms with Gasteiger partial charge in [-0.15, -0.1) is 11.8 Å². The van der Waals surface area contributed by atoms with E-state index in [0.717, 1.165) is 5.75 Å². The number of thioether (sulfide) groups is 1. The number of ketones is 2. The molecule has 2 nitrogen and oxygen atoms in total. The van der Waals surface area contributed by atoms with Crippen molar-refractivity contribution in [3.63, 3.8) is 0 Å². The normalized spacial score (nSPS) is 24.1. The zero-order valence-electron chi connectivity index (χ0n) is 8.42. The molecule has 0 aromatic rings. The van der Waals surface area contributed by atoms with Crippen LogP contribution in [0.25, 0.3) is 0 Å². The first-order chi connectivity index (χ1) is 5.88. The molecule has 13 heavy (non-hydrogen) atoms. The third kappa shape index (κ3) is 3.51. The van der Waals surface area contributed by atoms with Gasteiger partial charge in [-0.2, -0.15) is 0 Å². The molecule has 1 aliphatic carbocycles. The van der Waals surface area contributed by atoms with E-state index in [1.165, 1.54) is 0 Å². The summed E-state index contributed by atoms with van der Waals surface area (Å²) in [7, 11) is 0. The molecule has 74 valence electrons. The highest BCUT2D eigenvalue weighted by atomic mass is 32.2. The van der Waals surface area contributed by atoms with Crippen molar-refractivity contribution in [3.05, 3.63) is 0 Å². The van der Waals surface area contributed by atoms with Crippen LogP contribution in [0.15, 0.2) is 0 Å². The molecule has 0 spiro atoms. The number of Topliss-reactive ketones (excluding diaryl/α,β-unsaturated/α-hetero) is 2. The molecule has 0 radical (unpaired) electrons. The Labute approximate surface area is 83.5 Å². The van der Waals surface area contributed by atoms with Crippen molar-refractivity contribution in [2.24, 2.45) is 5.41 Å². The Morgan fingerprint density at radius 3 is 2.38 bits per heavy atom. The molecule has 0 heterocycles. The topological polar surface area (TPSA) is 34.1 Å². The molecule has 0 N–H and O–H groups in total.